The minimum atomic E-state index is -4.06. The Labute approximate surface area is 182 Å². The standard InChI is InChI=1S/C20H25N3O5S.ClH/c1-15-9-18(27-13-16-5-7-23(8-6-16)14-22-21)12-19(10-15)28-29(25,26)20-4-2-3-17(24)11-20;/h2-4,9-12,14,16,24H,5-8,13,21H2,1H3;1H. The maximum absolute atomic E-state index is 12.5. The van der Waals surface area contributed by atoms with Crippen LogP contribution in [0.1, 0.15) is 18.4 Å². The van der Waals surface area contributed by atoms with Gasteiger partial charge < -0.3 is 24.8 Å². The molecule has 0 aliphatic carbocycles. The first-order valence-electron chi connectivity index (χ1n) is 9.31. The number of nitrogens with zero attached hydrogens (tertiary/aromatic N) is 2. The molecular formula is C20H26ClN3O5S. The largest absolute Gasteiger partial charge is 0.508 e. The smallest absolute Gasteiger partial charge is 0.339 e. The van der Waals surface area contributed by atoms with E-state index < -0.39 is 10.1 Å². The minimum Gasteiger partial charge on any atom is -0.508 e. The number of ether oxygens (including phenoxy) is 1. The van der Waals surface area contributed by atoms with Gasteiger partial charge in [0.15, 0.2) is 0 Å². The van der Waals surface area contributed by atoms with Gasteiger partial charge in [-0.1, -0.05) is 6.07 Å². The van der Waals surface area contributed by atoms with Crippen molar-refractivity contribution in [1.82, 2.24) is 4.90 Å². The highest BCUT2D eigenvalue weighted by molar-refractivity contribution is 7.87. The predicted octanol–water partition coefficient (Wildman–Crippen LogP) is 2.88. The maximum atomic E-state index is 12.5. The summed E-state index contributed by atoms with van der Waals surface area (Å²) < 4.78 is 36.1. The monoisotopic (exact) mass is 455 g/mol. The van der Waals surface area contributed by atoms with Crippen molar-refractivity contribution in [3.8, 4) is 17.2 Å². The van der Waals surface area contributed by atoms with Gasteiger partial charge in [0.05, 0.1) is 6.61 Å². The number of phenols is 1. The van der Waals surface area contributed by atoms with E-state index in [1.807, 2.05) is 13.0 Å². The highest BCUT2D eigenvalue weighted by Crippen LogP contribution is 2.27. The molecule has 0 radical (unpaired) electrons. The topological polar surface area (TPSA) is 114 Å². The summed E-state index contributed by atoms with van der Waals surface area (Å²) in [6, 6.07) is 10.4. The molecule has 10 heteroatoms. The van der Waals surface area contributed by atoms with Gasteiger partial charge in [0.2, 0.25) is 0 Å². The molecule has 1 heterocycles. The normalized spacial score (nSPS) is 15.0. The van der Waals surface area contributed by atoms with E-state index in [0.29, 0.717) is 18.3 Å². The number of hydrazone groups is 1. The van der Waals surface area contributed by atoms with Gasteiger partial charge in [-0.3, -0.25) is 0 Å². The van der Waals surface area contributed by atoms with E-state index in [1.54, 1.807) is 18.5 Å². The number of aromatic hydroxyl groups is 1. The van der Waals surface area contributed by atoms with E-state index in [9.17, 15) is 13.5 Å². The summed E-state index contributed by atoms with van der Waals surface area (Å²) >= 11 is 0. The first kappa shape index (κ1) is 23.6. The number of hydrogen-bond donors (Lipinski definition) is 2. The zero-order valence-corrected chi connectivity index (χ0v) is 18.2. The summed E-state index contributed by atoms with van der Waals surface area (Å²) in [7, 11) is -4.06. The van der Waals surface area contributed by atoms with E-state index in [4.69, 9.17) is 14.8 Å². The second-order valence-electron chi connectivity index (χ2n) is 7.07. The van der Waals surface area contributed by atoms with Gasteiger partial charge in [0.25, 0.3) is 0 Å². The molecule has 8 nitrogen and oxygen atoms in total. The zero-order chi connectivity index (χ0) is 20.9. The number of piperidine rings is 1. The van der Waals surface area contributed by atoms with Crippen LogP contribution in [0, 0.1) is 12.8 Å². The second kappa shape index (κ2) is 10.4. The number of nitrogens with two attached hydrogens (primary N) is 1. The average Bonchev–Trinajstić information content (AvgIpc) is 2.67. The molecule has 1 fully saturated rings. The lowest BCUT2D eigenvalue weighted by molar-refractivity contribution is 0.183. The van der Waals surface area contributed by atoms with Crippen LogP contribution in [0.25, 0.3) is 0 Å². The maximum Gasteiger partial charge on any atom is 0.339 e. The lowest BCUT2D eigenvalue weighted by atomic mass is 9.98. The summed E-state index contributed by atoms with van der Waals surface area (Å²) in [4.78, 5) is 1.95. The molecule has 0 aromatic heterocycles. The molecule has 0 unspecified atom stereocenters. The average molecular weight is 456 g/mol. The molecular weight excluding hydrogens is 430 g/mol. The van der Waals surface area contributed by atoms with Crippen molar-refractivity contribution in [2.24, 2.45) is 16.9 Å². The molecule has 1 aliphatic rings. The molecule has 3 N–H and O–H groups in total. The quantitative estimate of drug-likeness (QED) is 0.217. The molecule has 164 valence electrons. The van der Waals surface area contributed by atoms with E-state index in [1.165, 1.54) is 18.2 Å². The van der Waals surface area contributed by atoms with Crippen LogP contribution in [-0.4, -0.2) is 44.5 Å². The first-order valence-corrected chi connectivity index (χ1v) is 10.7. The molecule has 1 saturated heterocycles. The summed E-state index contributed by atoms with van der Waals surface area (Å²) in [6.07, 6.45) is 3.58. The Morgan fingerprint density at radius 1 is 1.20 bits per heavy atom. The molecule has 30 heavy (non-hydrogen) atoms. The Bertz CT molecular complexity index is 976. The Balaban J connectivity index is 0.00000320. The molecule has 1 aliphatic heterocycles. The Hall–Kier alpha value is -2.65. The van der Waals surface area contributed by atoms with E-state index in [-0.39, 0.29) is 28.8 Å². The van der Waals surface area contributed by atoms with E-state index in [2.05, 4.69) is 10.0 Å². The third-order valence-electron chi connectivity index (χ3n) is 4.70. The second-order valence-corrected chi connectivity index (χ2v) is 8.62. The van der Waals surface area contributed by atoms with E-state index >= 15 is 0 Å². The molecule has 2 aromatic rings. The molecule has 0 spiro atoms. The van der Waals surface area contributed by atoms with Crippen LogP contribution < -0.4 is 14.8 Å². The van der Waals surface area contributed by atoms with Crippen LogP contribution in [0.2, 0.25) is 0 Å². The van der Waals surface area contributed by atoms with E-state index in [0.717, 1.165) is 37.6 Å². The number of likely N-dealkylation sites (tertiary alicyclic amines) is 1. The Morgan fingerprint density at radius 3 is 2.57 bits per heavy atom. The number of halogens is 1. The molecule has 2 aromatic carbocycles. The fourth-order valence-electron chi connectivity index (χ4n) is 3.20. The Kier molecular flexibility index (Phi) is 8.19. The van der Waals surface area contributed by atoms with Gasteiger partial charge in [-0.05, 0) is 55.5 Å². The van der Waals surface area contributed by atoms with Crippen molar-refractivity contribution in [2.75, 3.05) is 19.7 Å². The summed E-state index contributed by atoms with van der Waals surface area (Å²) in [5.74, 6) is 6.15. The van der Waals surface area contributed by atoms with Gasteiger partial charge in [0.1, 0.15) is 28.5 Å². The highest BCUT2D eigenvalue weighted by Gasteiger charge is 2.20. The summed E-state index contributed by atoms with van der Waals surface area (Å²) in [5, 5.41) is 13.1. The third-order valence-corrected chi connectivity index (χ3v) is 5.94. The van der Waals surface area contributed by atoms with Crippen LogP contribution >= 0.6 is 12.4 Å². The van der Waals surface area contributed by atoms with Crippen LogP contribution in [0.4, 0.5) is 0 Å². The summed E-state index contributed by atoms with van der Waals surface area (Å²) in [5.41, 5.74) is 0.817. The van der Waals surface area contributed by atoms with Crippen molar-refractivity contribution < 1.29 is 22.4 Å². The fourth-order valence-corrected chi connectivity index (χ4v) is 4.16. The van der Waals surface area contributed by atoms with Crippen molar-refractivity contribution in [3.05, 3.63) is 48.0 Å². The van der Waals surface area contributed by atoms with Gasteiger partial charge in [0, 0.05) is 25.2 Å². The van der Waals surface area contributed by atoms with Crippen LogP contribution in [-0.2, 0) is 10.1 Å². The molecule has 0 bridgehead atoms. The van der Waals surface area contributed by atoms with Gasteiger partial charge >= 0.3 is 10.1 Å². The zero-order valence-electron chi connectivity index (χ0n) is 16.6. The molecule has 0 atom stereocenters. The highest BCUT2D eigenvalue weighted by atomic mass is 35.5. The van der Waals surface area contributed by atoms with Crippen LogP contribution in [0.5, 0.6) is 17.2 Å². The van der Waals surface area contributed by atoms with Crippen LogP contribution in [0.3, 0.4) is 0 Å². The molecule has 0 saturated carbocycles. The fraction of sp³-hybridized carbons (Fsp3) is 0.350. The van der Waals surface area contributed by atoms with Gasteiger partial charge in [-0.25, -0.2) is 0 Å². The van der Waals surface area contributed by atoms with Crippen molar-refractivity contribution in [1.29, 1.82) is 0 Å². The SMILES string of the molecule is Cc1cc(OCC2CCN(C=NN)CC2)cc(OS(=O)(=O)c2cccc(O)c2)c1.Cl. The van der Waals surface area contributed by atoms with Crippen molar-refractivity contribution in [2.45, 2.75) is 24.7 Å². The molecule has 3 rings (SSSR count). The van der Waals surface area contributed by atoms with Crippen molar-refractivity contribution >= 4 is 28.9 Å². The number of hydrogen-bond acceptors (Lipinski definition) is 7. The third kappa shape index (κ3) is 6.43. The lowest BCUT2D eigenvalue weighted by Gasteiger charge is -2.30. The summed E-state index contributed by atoms with van der Waals surface area (Å²) in [6.45, 7) is 4.12. The van der Waals surface area contributed by atoms with Gasteiger partial charge in [-0.15, -0.1) is 12.4 Å². The van der Waals surface area contributed by atoms with Crippen LogP contribution in [0.15, 0.2) is 52.5 Å². The van der Waals surface area contributed by atoms with Gasteiger partial charge in [-0.2, -0.15) is 13.5 Å². The number of phenolic OH excluding ortho intramolecular Hbond substituents is 1. The first-order chi connectivity index (χ1) is 13.9. The predicted molar refractivity (Wildman–Crippen MR) is 117 cm³/mol. The Morgan fingerprint density at radius 2 is 1.90 bits per heavy atom. The minimum absolute atomic E-state index is 0. The number of benzene rings is 2. The lowest BCUT2D eigenvalue weighted by Crippen LogP contribution is -2.34. The number of aryl methyl sites for hydroxylation is 1. The molecule has 0 amide bonds. The number of rotatable bonds is 7. The van der Waals surface area contributed by atoms with Crippen molar-refractivity contribution in [3.63, 3.8) is 0 Å².